The predicted octanol–water partition coefficient (Wildman–Crippen LogP) is 2.41. The van der Waals surface area contributed by atoms with E-state index in [4.69, 9.17) is 11.6 Å². The Morgan fingerprint density at radius 2 is 2.00 bits per heavy atom. The van der Waals surface area contributed by atoms with Gasteiger partial charge in [-0.2, -0.15) is 0 Å². The van der Waals surface area contributed by atoms with Crippen molar-refractivity contribution >= 4 is 23.5 Å². The lowest BCUT2D eigenvalue weighted by molar-refractivity contribution is -0.144. The predicted molar refractivity (Wildman–Crippen MR) is 69.5 cm³/mol. The van der Waals surface area contributed by atoms with Crippen LogP contribution in [-0.4, -0.2) is 25.0 Å². The molecule has 1 atom stereocenters. The fraction of sp³-hybridized carbons (Fsp3) is 0.385. The first kappa shape index (κ1) is 15.4. The van der Waals surface area contributed by atoms with Gasteiger partial charge in [0.05, 0.1) is 12.7 Å². The molecule has 0 unspecified atom stereocenters. The Morgan fingerprint density at radius 1 is 1.37 bits per heavy atom. The fourth-order valence-electron chi connectivity index (χ4n) is 1.52. The highest BCUT2D eigenvalue weighted by Gasteiger charge is 2.26. The highest BCUT2D eigenvalue weighted by atomic mass is 35.5. The number of methoxy groups -OCH3 is 1. The summed E-state index contributed by atoms with van der Waals surface area (Å²) >= 11 is 5.71. The van der Waals surface area contributed by atoms with Crippen LogP contribution in [0.1, 0.15) is 24.2 Å². The van der Waals surface area contributed by atoms with E-state index in [2.05, 4.69) is 10.1 Å². The summed E-state index contributed by atoms with van der Waals surface area (Å²) in [5, 5.41) is 2.68. The molecule has 0 bridgehead atoms. The number of ether oxygens (including phenoxy) is 1. The first-order chi connectivity index (χ1) is 8.86. The van der Waals surface area contributed by atoms with Crippen LogP contribution in [0.25, 0.3) is 0 Å². The van der Waals surface area contributed by atoms with E-state index in [-0.39, 0.29) is 16.5 Å². The van der Waals surface area contributed by atoms with Crippen LogP contribution in [-0.2, 0) is 9.53 Å². The van der Waals surface area contributed by atoms with Crippen molar-refractivity contribution in [3.8, 4) is 0 Å². The van der Waals surface area contributed by atoms with Gasteiger partial charge in [0.15, 0.2) is 0 Å². The average molecular weight is 288 g/mol. The molecule has 4 nitrogen and oxygen atoms in total. The molecule has 0 heterocycles. The van der Waals surface area contributed by atoms with Crippen molar-refractivity contribution in [2.24, 2.45) is 5.92 Å². The van der Waals surface area contributed by atoms with Crippen LogP contribution in [0, 0.1) is 11.7 Å². The van der Waals surface area contributed by atoms with E-state index >= 15 is 0 Å². The van der Waals surface area contributed by atoms with Gasteiger partial charge in [-0.25, -0.2) is 9.18 Å². The average Bonchev–Trinajstić information content (AvgIpc) is 2.37. The molecular weight excluding hydrogens is 273 g/mol. The minimum atomic E-state index is -0.837. The number of benzene rings is 1. The molecule has 0 saturated carbocycles. The van der Waals surface area contributed by atoms with Crippen LogP contribution >= 0.6 is 11.6 Å². The molecule has 0 fully saturated rings. The quantitative estimate of drug-likeness (QED) is 0.865. The third-order valence-corrected chi connectivity index (χ3v) is 2.82. The van der Waals surface area contributed by atoms with Gasteiger partial charge in [-0.3, -0.25) is 4.79 Å². The number of nitrogens with one attached hydrogen (secondary N) is 1. The summed E-state index contributed by atoms with van der Waals surface area (Å²) in [5.41, 5.74) is -0.206. The molecule has 1 rings (SSSR count). The number of hydrogen-bond donors (Lipinski definition) is 1. The van der Waals surface area contributed by atoms with Gasteiger partial charge in [0.1, 0.15) is 11.9 Å². The molecule has 1 aromatic carbocycles. The minimum Gasteiger partial charge on any atom is -0.467 e. The Balaban J connectivity index is 2.94. The molecule has 0 spiro atoms. The maximum absolute atomic E-state index is 13.5. The van der Waals surface area contributed by atoms with Crippen molar-refractivity contribution in [3.05, 3.63) is 34.6 Å². The van der Waals surface area contributed by atoms with Gasteiger partial charge < -0.3 is 10.1 Å². The second-order valence-electron chi connectivity index (χ2n) is 4.34. The zero-order valence-electron chi connectivity index (χ0n) is 10.9. The van der Waals surface area contributed by atoms with Crippen molar-refractivity contribution in [1.82, 2.24) is 5.32 Å². The van der Waals surface area contributed by atoms with Crippen LogP contribution < -0.4 is 5.32 Å². The SMILES string of the molecule is COC(=O)[C@H](NC(=O)c1cc(Cl)ccc1F)C(C)C. The van der Waals surface area contributed by atoms with E-state index in [9.17, 15) is 14.0 Å². The number of amides is 1. The monoisotopic (exact) mass is 287 g/mol. The first-order valence-electron chi connectivity index (χ1n) is 5.70. The van der Waals surface area contributed by atoms with E-state index in [1.54, 1.807) is 13.8 Å². The third kappa shape index (κ3) is 3.92. The summed E-state index contributed by atoms with van der Waals surface area (Å²) in [6.45, 7) is 3.49. The largest absolute Gasteiger partial charge is 0.467 e. The van der Waals surface area contributed by atoms with Crippen LogP contribution in [0.5, 0.6) is 0 Å². The van der Waals surface area contributed by atoms with Gasteiger partial charge in [-0.15, -0.1) is 0 Å². The molecule has 0 aliphatic carbocycles. The van der Waals surface area contributed by atoms with Gasteiger partial charge in [-0.1, -0.05) is 25.4 Å². The van der Waals surface area contributed by atoms with Gasteiger partial charge in [0.2, 0.25) is 0 Å². The number of carbonyl (C=O) groups excluding carboxylic acids is 2. The van der Waals surface area contributed by atoms with Crippen LogP contribution in [0.4, 0.5) is 4.39 Å². The molecule has 0 aromatic heterocycles. The van der Waals surface area contributed by atoms with Gasteiger partial charge >= 0.3 is 5.97 Å². The second-order valence-corrected chi connectivity index (χ2v) is 4.78. The zero-order valence-corrected chi connectivity index (χ0v) is 11.6. The number of halogens is 2. The van der Waals surface area contributed by atoms with Crippen molar-refractivity contribution < 1.29 is 18.7 Å². The summed E-state index contributed by atoms with van der Waals surface area (Å²) in [7, 11) is 1.23. The smallest absolute Gasteiger partial charge is 0.328 e. The standard InChI is InChI=1S/C13H15ClFNO3/c1-7(2)11(13(18)19-3)16-12(17)9-6-8(14)4-5-10(9)15/h4-7,11H,1-3H3,(H,16,17)/t11-/m1/s1. The Kier molecular flexibility index (Phi) is 5.30. The van der Waals surface area contributed by atoms with Crippen LogP contribution in [0.2, 0.25) is 5.02 Å². The van der Waals surface area contributed by atoms with Crippen LogP contribution in [0.15, 0.2) is 18.2 Å². The lowest BCUT2D eigenvalue weighted by Gasteiger charge is -2.19. The maximum Gasteiger partial charge on any atom is 0.328 e. The molecule has 0 saturated heterocycles. The molecule has 1 N–H and O–H groups in total. The summed E-state index contributed by atoms with van der Waals surface area (Å²) in [4.78, 5) is 23.5. The van der Waals surface area contributed by atoms with Gasteiger partial charge in [-0.05, 0) is 24.1 Å². The molecule has 19 heavy (non-hydrogen) atoms. The molecule has 0 radical (unpaired) electrons. The van der Waals surface area contributed by atoms with Crippen molar-refractivity contribution in [2.75, 3.05) is 7.11 Å². The molecular formula is C13H15ClFNO3. The van der Waals surface area contributed by atoms with Crippen molar-refractivity contribution in [1.29, 1.82) is 0 Å². The normalized spacial score (nSPS) is 12.1. The summed E-state index contributed by atoms with van der Waals surface area (Å²) in [6.07, 6.45) is 0. The highest BCUT2D eigenvalue weighted by molar-refractivity contribution is 6.31. The Hall–Kier alpha value is -1.62. The number of esters is 1. The Bertz CT molecular complexity index is 491. The molecule has 6 heteroatoms. The van der Waals surface area contributed by atoms with Gasteiger partial charge in [0.25, 0.3) is 5.91 Å². The van der Waals surface area contributed by atoms with E-state index < -0.39 is 23.7 Å². The van der Waals surface area contributed by atoms with E-state index in [0.717, 1.165) is 6.07 Å². The molecule has 104 valence electrons. The third-order valence-electron chi connectivity index (χ3n) is 2.58. The molecule has 1 aromatic rings. The second kappa shape index (κ2) is 6.52. The summed E-state index contributed by atoms with van der Waals surface area (Å²) in [5.74, 6) is -2.16. The topological polar surface area (TPSA) is 55.4 Å². The minimum absolute atomic E-state index is 0.182. The van der Waals surface area contributed by atoms with E-state index in [0.29, 0.717) is 0 Å². The van der Waals surface area contributed by atoms with E-state index in [1.807, 2.05) is 0 Å². The highest BCUT2D eigenvalue weighted by Crippen LogP contribution is 2.15. The Morgan fingerprint density at radius 3 is 2.53 bits per heavy atom. The lowest BCUT2D eigenvalue weighted by Crippen LogP contribution is -2.45. The van der Waals surface area contributed by atoms with E-state index in [1.165, 1.54) is 19.2 Å². The number of hydrogen-bond acceptors (Lipinski definition) is 3. The number of rotatable bonds is 4. The van der Waals surface area contributed by atoms with Gasteiger partial charge in [0, 0.05) is 5.02 Å². The summed E-state index contributed by atoms with van der Waals surface area (Å²) < 4.78 is 18.1. The summed E-state index contributed by atoms with van der Waals surface area (Å²) in [6, 6.07) is 2.81. The van der Waals surface area contributed by atoms with Crippen LogP contribution in [0.3, 0.4) is 0 Å². The maximum atomic E-state index is 13.5. The fourth-order valence-corrected chi connectivity index (χ4v) is 1.69. The number of carbonyl (C=O) groups is 2. The lowest BCUT2D eigenvalue weighted by atomic mass is 10.0. The molecule has 0 aliphatic heterocycles. The molecule has 0 aliphatic rings. The Labute approximate surface area is 115 Å². The van der Waals surface area contributed by atoms with Crippen molar-refractivity contribution in [3.63, 3.8) is 0 Å². The zero-order chi connectivity index (χ0) is 14.6. The van der Waals surface area contributed by atoms with Crippen molar-refractivity contribution in [2.45, 2.75) is 19.9 Å². The molecule has 1 amide bonds. The first-order valence-corrected chi connectivity index (χ1v) is 6.08.